The molecular weight excluding hydrogens is 461 g/mol. The molecule has 150 valence electrons. The molecular formula is C20H17BrFN3O3S. The van der Waals surface area contributed by atoms with Gasteiger partial charge in [-0.05, 0) is 58.7 Å². The number of ether oxygens (including phenoxy) is 1. The highest BCUT2D eigenvalue weighted by atomic mass is 79.9. The van der Waals surface area contributed by atoms with Crippen molar-refractivity contribution < 1.29 is 18.7 Å². The molecule has 0 spiro atoms. The number of amides is 2. The summed E-state index contributed by atoms with van der Waals surface area (Å²) in [5.41, 5.74) is 2.10. The Morgan fingerprint density at radius 1 is 1.21 bits per heavy atom. The number of nitrogens with zero attached hydrogens (tertiary/aromatic N) is 1. The summed E-state index contributed by atoms with van der Waals surface area (Å²) in [6, 6.07) is 9.90. The Labute approximate surface area is 179 Å². The van der Waals surface area contributed by atoms with Gasteiger partial charge in [0.15, 0.2) is 11.7 Å². The second-order valence-corrected chi connectivity index (χ2v) is 7.90. The van der Waals surface area contributed by atoms with Gasteiger partial charge in [0, 0.05) is 23.6 Å². The zero-order valence-electron chi connectivity index (χ0n) is 15.6. The van der Waals surface area contributed by atoms with Crippen molar-refractivity contribution in [2.45, 2.75) is 13.8 Å². The molecule has 0 aliphatic carbocycles. The lowest BCUT2D eigenvalue weighted by Gasteiger charge is -2.08. The summed E-state index contributed by atoms with van der Waals surface area (Å²) in [5, 5.41) is 7.14. The summed E-state index contributed by atoms with van der Waals surface area (Å²) in [7, 11) is 0. The van der Waals surface area contributed by atoms with Crippen LogP contribution in [0.2, 0.25) is 0 Å². The van der Waals surface area contributed by atoms with Crippen molar-refractivity contribution in [1.82, 2.24) is 4.98 Å². The third-order valence-corrected chi connectivity index (χ3v) is 5.14. The lowest BCUT2D eigenvalue weighted by molar-refractivity contribution is -0.118. The molecule has 6 nitrogen and oxygen atoms in total. The predicted octanol–water partition coefficient (Wildman–Crippen LogP) is 5.00. The molecule has 1 aromatic heterocycles. The Morgan fingerprint density at radius 3 is 2.69 bits per heavy atom. The Kier molecular flexibility index (Phi) is 6.60. The molecule has 0 radical (unpaired) electrons. The number of hydrogen-bond donors (Lipinski definition) is 2. The van der Waals surface area contributed by atoms with Gasteiger partial charge < -0.3 is 10.1 Å². The van der Waals surface area contributed by atoms with Crippen molar-refractivity contribution in [1.29, 1.82) is 0 Å². The van der Waals surface area contributed by atoms with Gasteiger partial charge >= 0.3 is 0 Å². The molecule has 2 amide bonds. The van der Waals surface area contributed by atoms with E-state index < -0.39 is 5.82 Å². The van der Waals surface area contributed by atoms with Gasteiger partial charge in [-0.3, -0.25) is 14.9 Å². The van der Waals surface area contributed by atoms with Crippen LogP contribution in [0.1, 0.15) is 12.5 Å². The van der Waals surface area contributed by atoms with Crippen LogP contribution in [0.25, 0.3) is 11.3 Å². The van der Waals surface area contributed by atoms with E-state index >= 15 is 0 Å². The van der Waals surface area contributed by atoms with Crippen molar-refractivity contribution in [3.8, 4) is 17.0 Å². The van der Waals surface area contributed by atoms with Crippen molar-refractivity contribution >= 4 is 49.9 Å². The summed E-state index contributed by atoms with van der Waals surface area (Å²) in [6.07, 6.45) is 0. The SMILES string of the molecule is CC(=O)Nc1ccc(-c2csc(NC(=O)COc3ccc(C)cc3Br)n2)c(F)c1. The molecule has 0 unspecified atom stereocenters. The summed E-state index contributed by atoms with van der Waals surface area (Å²) >= 11 is 4.57. The fraction of sp³-hybridized carbons (Fsp3) is 0.150. The number of carbonyl (C=O) groups is 2. The molecule has 29 heavy (non-hydrogen) atoms. The van der Waals surface area contributed by atoms with Gasteiger partial charge in [-0.25, -0.2) is 9.37 Å². The van der Waals surface area contributed by atoms with Crippen molar-refractivity contribution in [2.75, 3.05) is 17.2 Å². The number of aryl methyl sites for hydroxylation is 1. The average Bonchev–Trinajstić information content (AvgIpc) is 3.08. The van der Waals surface area contributed by atoms with E-state index in [0.29, 0.717) is 22.3 Å². The molecule has 0 saturated carbocycles. The lowest BCUT2D eigenvalue weighted by Crippen LogP contribution is -2.20. The quantitative estimate of drug-likeness (QED) is 0.523. The number of benzene rings is 2. The van der Waals surface area contributed by atoms with Gasteiger partial charge in [0.05, 0.1) is 10.2 Å². The summed E-state index contributed by atoms with van der Waals surface area (Å²) in [4.78, 5) is 27.4. The minimum Gasteiger partial charge on any atom is -0.483 e. The molecule has 9 heteroatoms. The first kappa shape index (κ1) is 20.9. The Balaban J connectivity index is 1.62. The van der Waals surface area contributed by atoms with Gasteiger partial charge in [0.1, 0.15) is 11.6 Å². The van der Waals surface area contributed by atoms with Crippen LogP contribution in [-0.4, -0.2) is 23.4 Å². The van der Waals surface area contributed by atoms with Gasteiger partial charge in [0.25, 0.3) is 5.91 Å². The number of nitrogens with one attached hydrogen (secondary N) is 2. The highest BCUT2D eigenvalue weighted by Crippen LogP contribution is 2.29. The van der Waals surface area contributed by atoms with Crippen LogP contribution in [0.15, 0.2) is 46.3 Å². The van der Waals surface area contributed by atoms with E-state index in [1.807, 2.05) is 19.1 Å². The molecule has 1 heterocycles. The number of halogens is 2. The summed E-state index contributed by atoms with van der Waals surface area (Å²) in [6.45, 7) is 3.12. The predicted molar refractivity (Wildman–Crippen MR) is 115 cm³/mol. The molecule has 0 atom stereocenters. The third-order valence-electron chi connectivity index (χ3n) is 3.76. The lowest BCUT2D eigenvalue weighted by atomic mass is 10.1. The van der Waals surface area contributed by atoms with Crippen molar-refractivity contribution in [3.05, 3.63) is 57.6 Å². The molecule has 0 fully saturated rings. The van der Waals surface area contributed by atoms with E-state index in [2.05, 4.69) is 31.5 Å². The van der Waals surface area contributed by atoms with Crippen LogP contribution < -0.4 is 15.4 Å². The first-order valence-electron chi connectivity index (χ1n) is 8.53. The molecule has 3 rings (SSSR count). The van der Waals surface area contributed by atoms with Crippen LogP contribution in [0.3, 0.4) is 0 Å². The number of aromatic nitrogens is 1. The van der Waals surface area contributed by atoms with E-state index in [-0.39, 0.29) is 24.0 Å². The van der Waals surface area contributed by atoms with E-state index in [4.69, 9.17) is 4.74 Å². The van der Waals surface area contributed by atoms with Crippen LogP contribution >= 0.6 is 27.3 Å². The monoisotopic (exact) mass is 477 g/mol. The highest BCUT2D eigenvalue weighted by Gasteiger charge is 2.13. The fourth-order valence-corrected chi connectivity index (χ4v) is 3.81. The van der Waals surface area contributed by atoms with Crippen LogP contribution in [0.5, 0.6) is 5.75 Å². The maximum Gasteiger partial charge on any atom is 0.264 e. The molecule has 0 aliphatic heterocycles. The largest absolute Gasteiger partial charge is 0.483 e. The summed E-state index contributed by atoms with van der Waals surface area (Å²) in [5.74, 6) is -0.616. The highest BCUT2D eigenvalue weighted by molar-refractivity contribution is 9.10. The first-order valence-corrected chi connectivity index (χ1v) is 10.2. The second kappa shape index (κ2) is 9.15. The van der Waals surface area contributed by atoms with E-state index in [9.17, 15) is 14.0 Å². The smallest absolute Gasteiger partial charge is 0.264 e. The van der Waals surface area contributed by atoms with Crippen LogP contribution in [0.4, 0.5) is 15.2 Å². The maximum absolute atomic E-state index is 14.3. The molecule has 3 aromatic rings. The molecule has 2 N–H and O–H groups in total. The minimum atomic E-state index is -0.521. The van der Waals surface area contributed by atoms with Crippen molar-refractivity contribution in [3.63, 3.8) is 0 Å². The average molecular weight is 478 g/mol. The number of thiazole rings is 1. The maximum atomic E-state index is 14.3. The first-order chi connectivity index (χ1) is 13.8. The topological polar surface area (TPSA) is 80.3 Å². The minimum absolute atomic E-state index is 0.184. The Bertz CT molecular complexity index is 1070. The van der Waals surface area contributed by atoms with Gasteiger partial charge in [-0.15, -0.1) is 11.3 Å². The number of hydrogen-bond acceptors (Lipinski definition) is 5. The normalized spacial score (nSPS) is 10.5. The standard InChI is InChI=1S/C20H17BrFN3O3S/c1-11-3-6-18(15(21)7-11)28-9-19(27)25-20-24-17(10-29-20)14-5-4-13(8-16(14)22)23-12(2)26/h3-8,10H,9H2,1-2H3,(H,23,26)(H,24,25,27). The fourth-order valence-electron chi connectivity index (χ4n) is 2.48. The molecule has 0 bridgehead atoms. The molecule has 0 aliphatic rings. The number of anilines is 2. The Morgan fingerprint density at radius 2 is 2.00 bits per heavy atom. The van der Waals surface area contributed by atoms with Gasteiger partial charge in [-0.1, -0.05) is 6.07 Å². The molecule has 0 saturated heterocycles. The Hall–Kier alpha value is -2.78. The number of carbonyl (C=O) groups excluding carboxylic acids is 2. The van der Waals surface area contributed by atoms with E-state index in [1.54, 1.807) is 17.5 Å². The summed E-state index contributed by atoms with van der Waals surface area (Å²) < 4.78 is 20.6. The third kappa shape index (κ3) is 5.61. The zero-order chi connectivity index (χ0) is 21.0. The van der Waals surface area contributed by atoms with Crippen LogP contribution in [-0.2, 0) is 9.59 Å². The van der Waals surface area contributed by atoms with Gasteiger partial charge in [0.2, 0.25) is 5.91 Å². The zero-order valence-corrected chi connectivity index (χ0v) is 18.0. The second-order valence-electron chi connectivity index (χ2n) is 6.18. The van der Waals surface area contributed by atoms with Gasteiger partial charge in [-0.2, -0.15) is 0 Å². The van der Waals surface area contributed by atoms with E-state index in [0.717, 1.165) is 10.0 Å². The van der Waals surface area contributed by atoms with E-state index in [1.165, 1.54) is 30.4 Å². The van der Waals surface area contributed by atoms with Crippen molar-refractivity contribution in [2.24, 2.45) is 0 Å². The van der Waals surface area contributed by atoms with Crippen LogP contribution in [0, 0.1) is 12.7 Å². The number of rotatable bonds is 6. The molecule has 2 aromatic carbocycles.